The molecule has 0 heterocycles. The molecule has 1 aliphatic carbocycles. The van der Waals surface area contributed by atoms with Crippen LogP contribution in [0.5, 0.6) is 0 Å². The summed E-state index contributed by atoms with van der Waals surface area (Å²) in [6, 6.07) is 14.3. The van der Waals surface area contributed by atoms with Gasteiger partial charge < -0.3 is 4.90 Å². The number of rotatable bonds is 4. The van der Waals surface area contributed by atoms with Crippen molar-refractivity contribution in [1.82, 2.24) is 4.90 Å². The molecule has 0 N–H and O–H groups in total. The Bertz CT molecular complexity index is 616. The van der Waals surface area contributed by atoms with Gasteiger partial charge in [0.25, 0.3) is 5.91 Å². The molecule has 0 saturated heterocycles. The fourth-order valence-electron chi connectivity index (χ4n) is 2.81. The quantitative estimate of drug-likeness (QED) is 0.776. The second-order valence-corrected chi connectivity index (χ2v) is 5.68. The van der Waals surface area contributed by atoms with Gasteiger partial charge in [-0.15, -0.1) is 11.6 Å². The molecule has 2 aromatic carbocycles. The molecule has 1 amide bonds. The highest BCUT2D eigenvalue weighted by atomic mass is 35.5. The lowest BCUT2D eigenvalue weighted by Crippen LogP contribution is -2.45. The van der Waals surface area contributed by atoms with Gasteiger partial charge in [0.05, 0.1) is 0 Å². The monoisotopic (exact) mass is 287 g/mol. The third-order valence-corrected chi connectivity index (χ3v) is 4.29. The first-order valence-corrected chi connectivity index (χ1v) is 7.69. The lowest BCUT2D eigenvalue weighted by molar-refractivity contribution is 0.0600. The van der Waals surface area contributed by atoms with Crippen molar-refractivity contribution in [1.29, 1.82) is 0 Å². The number of carbonyl (C=O) groups excluding carboxylic acids is 1. The summed E-state index contributed by atoms with van der Waals surface area (Å²) in [6.07, 6.45) is 3.42. The van der Waals surface area contributed by atoms with E-state index < -0.39 is 0 Å². The summed E-state index contributed by atoms with van der Waals surface area (Å²) in [4.78, 5) is 14.8. The number of amides is 1. The maximum absolute atomic E-state index is 12.9. The van der Waals surface area contributed by atoms with Crippen LogP contribution < -0.4 is 0 Å². The van der Waals surface area contributed by atoms with Crippen LogP contribution in [0.3, 0.4) is 0 Å². The van der Waals surface area contributed by atoms with Crippen molar-refractivity contribution in [2.75, 3.05) is 12.4 Å². The zero-order valence-electron chi connectivity index (χ0n) is 11.4. The number of halogens is 1. The van der Waals surface area contributed by atoms with Crippen molar-refractivity contribution in [2.45, 2.75) is 25.3 Å². The zero-order valence-corrected chi connectivity index (χ0v) is 12.1. The molecule has 0 aromatic heterocycles. The molecule has 0 atom stereocenters. The van der Waals surface area contributed by atoms with E-state index in [-0.39, 0.29) is 5.91 Å². The second-order valence-electron chi connectivity index (χ2n) is 5.30. The van der Waals surface area contributed by atoms with Gasteiger partial charge in [0, 0.05) is 24.0 Å². The summed E-state index contributed by atoms with van der Waals surface area (Å²) in [6.45, 7) is 0.633. The van der Waals surface area contributed by atoms with Gasteiger partial charge in [-0.1, -0.05) is 36.4 Å². The van der Waals surface area contributed by atoms with E-state index in [1.54, 1.807) is 0 Å². The maximum atomic E-state index is 12.9. The Morgan fingerprint density at radius 2 is 1.90 bits per heavy atom. The van der Waals surface area contributed by atoms with E-state index in [0.29, 0.717) is 18.5 Å². The number of carbonyl (C=O) groups is 1. The summed E-state index contributed by atoms with van der Waals surface area (Å²) in [5, 5.41) is 2.14. The number of alkyl halides is 1. The average Bonchev–Trinajstić information content (AvgIpc) is 2.43. The van der Waals surface area contributed by atoms with Crippen LogP contribution in [0.25, 0.3) is 10.8 Å². The van der Waals surface area contributed by atoms with Crippen LogP contribution in [0.4, 0.5) is 0 Å². The van der Waals surface area contributed by atoms with Gasteiger partial charge in [-0.25, -0.2) is 0 Å². The molecule has 0 unspecified atom stereocenters. The first-order valence-electron chi connectivity index (χ1n) is 7.16. The normalized spacial score (nSPS) is 15.1. The van der Waals surface area contributed by atoms with E-state index in [9.17, 15) is 4.79 Å². The number of nitrogens with zero attached hydrogens (tertiary/aromatic N) is 1. The maximum Gasteiger partial charge on any atom is 0.254 e. The Morgan fingerprint density at radius 1 is 1.15 bits per heavy atom. The van der Waals surface area contributed by atoms with Gasteiger partial charge >= 0.3 is 0 Å². The highest BCUT2D eigenvalue weighted by molar-refractivity contribution is 6.18. The Morgan fingerprint density at radius 3 is 2.60 bits per heavy atom. The highest BCUT2D eigenvalue weighted by Crippen LogP contribution is 2.28. The van der Waals surface area contributed by atoms with Gasteiger partial charge in [0.15, 0.2) is 0 Å². The zero-order chi connectivity index (χ0) is 13.9. The molecule has 1 saturated carbocycles. The summed E-state index contributed by atoms with van der Waals surface area (Å²) in [5.74, 6) is 0.611. The summed E-state index contributed by atoms with van der Waals surface area (Å²) in [5.41, 5.74) is 0.792. The number of benzene rings is 2. The minimum Gasteiger partial charge on any atom is -0.334 e. The molecule has 0 aliphatic heterocycles. The smallest absolute Gasteiger partial charge is 0.254 e. The molecule has 1 fully saturated rings. The first kappa shape index (κ1) is 13.4. The minimum absolute atomic E-state index is 0.118. The molecule has 2 nitrogen and oxygen atoms in total. The van der Waals surface area contributed by atoms with Crippen LogP contribution in [0.15, 0.2) is 42.5 Å². The van der Waals surface area contributed by atoms with E-state index in [1.165, 1.54) is 6.42 Å². The highest BCUT2D eigenvalue weighted by Gasteiger charge is 2.29. The van der Waals surface area contributed by atoms with Gasteiger partial charge in [-0.05, 0) is 36.1 Å². The number of fused-ring (bicyclic) bond motifs is 1. The van der Waals surface area contributed by atoms with Crippen LogP contribution >= 0.6 is 11.6 Å². The van der Waals surface area contributed by atoms with Crippen LogP contribution in [-0.4, -0.2) is 29.3 Å². The van der Waals surface area contributed by atoms with Crippen molar-refractivity contribution >= 4 is 28.3 Å². The molecule has 3 rings (SSSR count). The molecule has 1 aliphatic rings. The van der Waals surface area contributed by atoms with E-state index in [4.69, 9.17) is 11.6 Å². The van der Waals surface area contributed by atoms with Gasteiger partial charge in [-0.2, -0.15) is 0 Å². The van der Waals surface area contributed by atoms with Crippen molar-refractivity contribution in [3.63, 3.8) is 0 Å². The lowest BCUT2D eigenvalue weighted by atomic mass is 9.90. The third-order valence-electron chi connectivity index (χ3n) is 4.12. The number of hydrogen-bond acceptors (Lipinski definition) is 1. The van der Waals surface area contributed by atoms with Gasteiger partial charge in [0.2, 0.25) is 0 Å². The lowest BCUT2D eigenvalue weighted by Gasteiger charge is -2.37. The van der Waals surface area contributed by atoms with Crippen molar-refractivity contribution in [3.8, 4) is 0 Å². The first-order chi connectivity index (χ1) is 9.81. The molecular weight excluding hydrogens is 270 g/mol. The summed E-state index contributed by atoms with van der Waals surface area (Å²) in [7, 11) is 0. The predicted molar refractivity (Wildman–Crippen MR) is 83.3 cm³/mol. The fraction of sp³-hybridized carbons (Fsp3) is 0.353. The van der Waals surface area contributed by atoms with E-state index in [2.05, 4.69) is 0 Å². The molecular formula is C17H18ClNO. The Kier molecular flexibility index (Phi) is 3.93. The Labute approximate surface area is 124 Å². The SMILES string of the molecule is O=C(c1cccc2ccccc12)N(CCCl)C1CCC1. The summed E-state index contributed by atoms with van der Waals surface area (Å²) >= 11 is 5.88. The van der Waals surface area contributed by atoms with Crippen molar-refractivity contribution < 1.29 is 4.79 Å². The standard InChI is InChI=1S/C17H18ClNO/c18-11-12-19(14-7-4-8-14)17(20)16-10-3-6-13-5-1-2-9-15(13)16/h1-3,5-6,9-10,14H,4,7-8,11-12H2. The third kappa shape index (κ3) is 2.40. The average molecular weight is 288 g/mol. The van der Waals surface area contributed by atoms with E-state index in [0.717, 1.165) is 29.2 Å². The van der Waals surface area contributed by atoms with E-state index >= 15 is 0 Å². The van der Waals surface area contributed by atoms with E-state index in [1.807, 2.05) is 47.4 Å². The molecule has 104 valence electrons. The minimum atomic E-state index is 0.118. The molecule has 3 heteroatoms. The topological polar surface area (TPSA) is 20.3 Å². The van der Waals surface area contributed by atoms with Crippen molar-refractivity contribution in [2.24, 2.45) is 0 Å². The van der Waals surface area contributed by atoms with Crippen LogP contribution in [-0.2, 0) is 0 Å². The van der Waals surface area contributed by atoms with Crippen LogP contribution in [0.2, 0.25) is 0 Å². The fourth-order valence-corrected chi connectivity index (χ4v) is 2.99. The Hall–Kier alpha value is -1.54. The summed E-state index contributed by atoms with van der Waals surface area (Å²) < 4.78 is 0. The molecule has 0 spiro atoms. The molecule has 20 heavy (non-hydrogen) atoms. The van der Waals surface area contributed by atoms with Crippen LogP contribution in [0.1, 0.15) is 29.6 Å². The molecule has 0 radical (unpaired) electrons. The largest absolute Gasteiger partial charge is 0.334 e. The van der Waals surface area contributed by atoms with Crippen LogP contribution in [0, 0.1) is 0 Å². The Balaban J connectivity index is 1.98. The molecule has 2 aromatic rings. The molecule has 0 bridgehead atoms. The second kappa shape index (κ2) is 5.84. The number of hydrogen-bond donors (Lipinski definition) is 0. The van der Waals surface area contributed by atoms with Crippen molar-refractivity contribution in [3.05, 3.63) is 48.0 Å². The predicted octanol–water partition coefficient (Wildman–Crippen LogP) is 4.07. The van der Waals surface area contributed by atoms with Gasteiger partial charge in [0.1, 0.15) is 0 Å². The van der Waals surface area contributed by atoms with Gasteiger partial charge in [-0.3, -0.25) is 4.79 Å².